The molecule has 0 radical (unpaired) electrons. The minimum absolute atomic E-state index is 0.00753. The van der Waals surface area contributed by atoms with Crippen LogP contribution in [0, 0.1) is 5.92 Å². The molecule has 0 bridgehead atoms. The summed E-state index contributed by atoms with van der Waals surface area (Å²) >= 11 is 1.44. The van der Waals surface area contributed by atoms with Crippen LogP contribution < -0.4 is 15.5 Å². The van der Waals surface area contributed by atoms with Gasteiger partial charge in [-0.1, -0.05) is 36.3 Å². The fourth-order valence-electron chi connectivity index (χ4n) is 5.37. The van der Waals surface area contributed by atoms with E-state index in [0.29, 0.717) is 17.7 Å². The molecule has 0 aliphatic carbocycles. The molecule has 2 atom stereocenters. The summed E-state index contributed by atoms with van der Waals surface area (Å²) in [5, 5.41) is 16.3. The Morgan fingerprint density at radius 2 is 1.91 bits per heavy atom. The summed E-state index contributed by atoms with van der Waals surface area (Å²) in [6.45, 7) is 4.78. The van der Waals surface area contributed by atoms with Gasteiger partial charge in [-0.15, -0.1) is 10.2 Å². The molecule has 8 nitrogen and oxygen atoms in total. The summed E-state index contributed by atoms with van der Waals surface area (Å²) in [6.07, 6.45) is 9.79. The van der Waals surface area contributed by atoms with Gasteiger partial charge in [-0.05, 0) is 69.4 Å². The number of benzene rings is 1. The maximum Gasteiger partial charge on any atom is 0.231 e. The monoisotopic (exact) mass is 496 g/mol. The van der Waals surface area contributed by atoms with E-state index in [9.17, 15) is 9.59 Å². The molecule has 3 fully saturated rings. The largest absolute Gasteiger partial charge is 0.314 e. The molecule has 3 saturated heterocycles. The van der Waals surface area contributed by atoms with E-state index in [1.54, 1.807) is 4.90 Å². The lowest BCUT2D eigenvalue weighted by molar-refractivity contribution is -0.122. The summed E-state index contributed by atoms with van der Waals surface area (Å²) in [5.74, 6) is -0.541. The highest BCUT2D eigenvalue weighted by Gasteiger charge is 2.35. The number of carbonyl (C=O) groups excluding carboxylic acids is 2. The molecule has 0 spiro atoms. The number of aryl methyl sites for hydroxylation is 1. The third-order valence-corrected chi connectivity index (χ3v) is 8.31. The second-order valence-corrected chi connectivity index (χ2v) is 11.1. The van der Waals surface area contributed by atoms with E-state index in [1.807, 2.05) is 12.1 Å². The predicted octanol–water partition coefficient (Wildman–Crippen LogP) is 3.59. The van der Waals surface area contributed by atoms with Crippen molar-refractivity contribution < 1.29 is 9.59 Å². The number of rotatable bonds is 8. The summed E-state index contributed by atoms with van der Waals surface area (Å²) in [6, 6.07) is 8.79. The second-order valence-electron chi connectivity index (χ2n) is 10.1. The lowest BCUT2D eigenvalue weighted by atomic mass is 10.0. The van der Waals surface area contributed by atoms with Crippen molar-refractivity contribution in [2.45, 2.75) is 70.4 Å². The summed E-state index contributed by atoms with van der Waals surface area (Å²) in [4.78, 5) is 29.8. The maximum atomic E-state index is 12.9. The van der Waals surface area contributed by atoms with Gasteiger partial charge in [0.1, 0.15) is 5.01 Å². The van der Waals surface area contributed by atoms with Crippen molar-refractivity contribution in [3.8, 4) is 0 Å². The summed E-state index contributed by atoms with van der Waals surface area (Å²) in [7, 11) is 0. The zero-order valence-electron chi connectivity index (χ0n) is 20.4. The van der Waals surface area contributed by atoms with Crippen LogP contribution in [-0.4, -0.2) is 59.1 Å². The number of nitrogens with one attached hydrogen (secondary N) is 2. The number of anilines is 2. The molecule has 188 valence electrons. The van der Waals surface area contributed by atoms with E-state index in [-0.39, 0.29) is 24.2 Å². The van der Waals surface area contributed by atoms with E-state index in [0.717, 1.165) is 49.7 Å². The number of nitrogens with zero attached hydrogens (tertiary/aromatic N) is 4. The zero-order valence-corrected chi connectivity index (χ0v) is 21.2. The third kappa shape index (κ3) is 6.45. The molecule has 1 aromatic heterocycles. The van der Waals surface area contributed by atoms with E-state index < -0.39 is 0 Å². The first-order valence-electron chi connectivity index (χ1n) is 13.1. The van der Waals surface area contributed by atoms with Crippen molar-refractivity contribution in [1.29, 1.82) is 0 Å². The van der Waals surface area contributed by atoms with Crippen LogP contribution in [0.4, 0.5) is 10.8 Å². The predicted molar refractivity (Wildman–Crippen MR) is 139 cm³/mol. The fourth-order valence-corrected chi connectivity index (χ4v) is 6.13. The molecule has 2 N–H and O–H groups in total. The molecule has 4 heterocycles. The number of hydrogen-bond acceptors (Lipinski definition) is 7. The van der Waals surface area contributed by atoms with Crippen LogP contribution in [0.3, 0.4) is 0 Å². The van der Waals surface area contributed by atoms with Crippen LogP contribution in [0.1, 0.15) is 61.9 Å². The molecule has 1 unspecified atom stereocenters. The number of hydrogen-bond donors (Lipinski definition) is 2. The SMILES string of the molecule is O=C(Nc1nnc(CCC2CCCCN2)s1)[C@H]1CC(=O)N(c2ccc(CN3CCCCC3)cc2)C1. The van der Waals surface area contributed by atoms with Crippen LogP contribution in [0.15, 0.2) is 24.3 Å². The minimum atomic E-state index is -0.380. The Hall–Kier alpha value is -2.36. The topological polar surface area (TPSA) is 90.5 Å². The van der Waals surface area contributed by atoms with Crippen molar-refractivity contribution in [3.63, 3.8) is 0 Å². The molecule has 5 rings (SSSR count). The Morgan fingerprint density at radius 1 is 1.09 bits per heavy atom. The number of amides is 2. The molecule has 2 amide bonds. The Morgan fingerprint density at radius 3 is 2.69 bits per heavy atom. The van der Waals surface area contributed by atoms with Crippen LogP contribution in [0.25, 0.3) is 0 Å². The molecule has 2 aromatic rings. The van der Waals surface area contributed by atoms with Crippen LogP contribution >= 0.6 is 11.3 Å². The first-order chi connectivity index (χ1) is 17.1. The normalized spacial score (nSPS) is 23.5. The van der Waals surface area contributed by atoms with E-state index in [4.69, 9.17) is 0 Å². The van der Waals surface area contributed by atoms with Gasteiger partial charge < -0.3 is 15.5 Å². The van der Waals surface area contributed by atoms with Crippen molar-refractivity contribution in [2.75, 3.05) is 36.4 Å². The first-order valence-corrected chi connectivity index (χ1v) is 13.9. The number of likely N-dealkylation sites (tertiary alicyclic amines) is 1. The van der Waals surface area contributed by atoms with Gasteiger partial charge in [0.25, 0.3) is 0 Å². The minimum Gasteiger partial charge on any atom is -0.314 e. The van der Waals surface area contributed by atoms with Gasteiger partial charge in [0.15, 0.2) is 0 Å². The highest BCUT2D eigenvalue weighted by molar-refractivity contribution is 7.15. The maximum absolute atomic E-state index is 12.9. The lowest BCUT2D eigenvalue weighted by Gasteiger charge is -2.26. The van der Waals surface area contributed by atoms with Gasteiger partial charge in [0.2, 0.25) is 16.9 Å². The summed E-state index contributed by atoms with van der Waals surface area (Å²) in [5.41, 5.74) is 2.13. The van der Waals surface area contributed by atoms with Gasteiger partial charge in [-0.2, -0.15) is 0 Å². The zero-order chi connectivity index (χ0) is 24.0. The molecule has 1 aromatic carbocycles. The molecular formula is C26H36N6O2S. The van der Waals surface area contributed by atoms with Crippen molar-refractivity contribution >= 4 is 34.0 Å². The number of aromatic nitrogens is 2. The van der Waals surface area contributed by atoms with E-state index in [1.165, 1.54) is 55.4 Å². The van der Waals surface area contributed by atoms with Crippen LogP contribution in [-0.2, 0) is 22.6 Å². The van der Waals surface area contributed by atoms with Gasteiger partial charge >= 0.3 is 0 Å². The first kappa shape index (κ1) is 24.3. The molecular weight excluding hydrogens is 460 g/mol. The Labute approximate surface area is 211 Å². The van der Waals surface area contributed by atoms with Crippen molar-refractivity contribution in [1.82, 2.24) is 20.4 Å². The van der Waals surface area contributed by atoms with Crippen LogP contribution in [0.5, 0.6) is 0 Å². The van der Waals surface area contributed by atoms with Gasteiger partial charge in [0.05, 0.1) is 5.92 Å². The molecule has 3 aliphatic rings. The highest BCUT2D eigenvalue weighted by atomic mass is 32.1. The lowest BCUT2D eigenvalue weighted by Crippen LogP contribution is -2.34. The summed E-state index contributed by atoms with van der Waals surface area (Å²) < 4.78 is 0. The quantitative estimate of drug-likeness (QED) is 0.581. The Kier molecular flexibility index (Phi) is 8.06. The molecule has 3 aliphatic heterocycles. The molecule has 9 heteroatoms. The van der Waals surface area contributed by atoms with Gasteiger partial charge in [-0.3, -0.25) is 14.5 Å². The van der Waals surface area contributed by atoms with Gasteiger partial charge in [-0.25, -0.2) is 0 Å². The fraction of sp³-hybridized carbons (Fsp3) is 0.615. The molecule has 35 heavy (non-hydrogen) atoms. The third-order valence-electron chi connectivity index (χ3n) is 7.41. The highest BCUT2D eigenvalue weighted by Crippen LogP contribution is 2.27. The molecule has 0 saturated carbocycles. The Balaban J connectivity index is 1.11. The standard InChI is InChI=1S/C26H36N6O2S/c33-24-16-20(18-32(24)22-10-7-19(8-11-22)17-31-14-4-1-5-15-31)25(34)28-26-30-29-23(35-26)12-9-21-6-2-3-13-27-21/h7-8,10-11,20-21,27H,1-6,9,12-18H2,(H,28,30,34)/t20-,21?/m0/s1. The van der Waals surface area contributed by atoms with Crippen molar-refractivity contribution in [3.05, 3.63) is 34.8 Å². The second kappa shape index (κ2) is 11.6. The Bertz CT molecular complexity index is 998. The number of piperidine rings is 2. The van der Waals surface area contributed by atoms with E-state index >= 15 is 0 Å². The smallest absolute Gasteiger partial charge is 0.231 e. The van der Waals surface area contributed by atoms with Gasteiger partial charge in [0, 0.05) is 37.7 Å². The average Bonchev–Trinajstić information content (AvgIpc) is 3.51. The average molecular weight is 497 g/mol. The number of carbonyl (C=O) groups is 2. The van der Waals surface area contributed by atoms with Crippen LogP contribution in [0.2, 0.25) is 0 Å². The van der Waals surface area contributed by atoms with Crippen molar-refractivity contribution in [2.24, 2.45) is 5.92 Å². The van der Waals surface area contributed by atoms with E-state index in [2.05, 4.69) is 37.9 Å².